The van der Waals surface area contributed by atoms with Crippen molar-refractivity contribution in [3.63, 3.8) is 0 Å². The maximum atomic E-state index is 4.21. The van der Waals surface area contributed by atoms with Gasteiger partial charge in [0.1, 0.15) is 5.82 Å². The van der Waals surface area contributed by atoms with E-state index in [0.29, 0.717) is 5.25 Å². The minimum absolute atomic E-state index is 0.416. The standard InChI is InChI=1S/C11H12N2S2/c1-8(15-14)9-2-4-10(5-3-9)11-12-6-7-13-11/h2-8,14H,1H3,(H,12,13). The highest BCUT2D eigenvalue weighted by molar-refractivity contribution is 8.68. The fraction of sp³-hybridized carbons (Fsp3) is 0.182. The van der Waals surface area contributed by atoms with Crippen molar-refractivity contribution >= 4 is 22.5 Å². The number of rotatable bonds is 3. The van der Waals surface area contributed by atoms with E-state index in [0.717, 1.165) is 11.4 Å². The van der Waals surface area contributed by atoms with Crippen LogP contribution in [0.25, 0.3) is 11.4 Å². The van der Waals surface area contributed by atoms with Crippen molar-refractivity contribution < 1.29 is 0 Å². The first-order valence-electron chi connectivity index (χ1n) is 4.71. The zero-order valence-corrected chi connectivity index (χ0v) is 10.1. The van der Waals surface area contributed by atoms with Crippen LogP contribution in [0.4, 0.5) is 0 Å². The lowest BCUT2D eigenvalue weighted by Crippen LogP contribution is -1.86. The van der Waals surface area contributed by atoms with E-state index in [9.17, 15) is 0 Å². The zero-order chi connectivity index (χ0) is 10.7. The average molecular weight is 236 g/mol. The van der Waals surface area contributed by atoms with Crippen LogP contribution in [0.3, 0.4) is 0 Å². The van der Waals surface area contributed by atoms with E-state index >= 15 is 0 Å². The van der Waals surface area contributed by atoms with Crippen molar-refractivity contribution in [1.29, 1.82) is 0 Å². The van der Waals surface area contributed by atoms with Crippen LogP contribution in [-0.4, -0.2) is 9.97 Å². The van der Waals surface area contributed by atoms with Gasteiger partial charge in [-0.05, 0) is 12.5 Å². The predicted molar refractivity (Wildman–Crippen MR) is 69.0 cm³/mol. The van der Waals surface area contributed by atoms with Gasteiger partial charge in [-0.1, -0.05) is 35.1 Å². The molecule has 0 aliphatic carbocycles. The molecule has 0 aliphatic rings. The summed E-state index contributed by atoms with van der Waals surface area (Å²) in [5.74, 6) is 0.910. The Morgan fingerprint density at radius 2 is 2.07 bits per heavy atom. The summed E-state index contributed by atoms with van der Waals surface area (Å²) in [4.78, 5) is 7.29. The highest BCUT2D eigenvalue weighted by Crippen LogP contribution is 2.31. The molecule has 1 unspecified atom stereocenters. The summed E-state index contributed by atoms with van der Waals surface area (Å²) in [6.45, 7) is 2.14. The van der Waals surface area contributed by atoms with Crippen LogP contribution in [0.15, 0.2) is 36.7 Å². The lowest BCUT2D eigenvalue weighted by Gasteiger charge is -2.07. The molecule has 1 aromatic carbocycles. The molecule has 1 N–H and O–H groups in total. The van der Waals surface area contributed by atoms with Gasteiger partial charge in [0.15, 0.2) is 0 Å². The van der Waals surface area contributed by atoms with E-state index in [1.165, 1.54) is 5.56 Å². The predicted octanol–water partition coefficient (Wildman–Crippen LogP) is 3.72. The summed E-state index contributed by atoms with van der Waals surface area (Å²) in [6, 6.07) is 8.39. The Labute approximate surface area is 98.3 Å². The van der Waals surface area contributed by atoms with Gasteiger partial charge in [-0.2, -0.15) is 0 Å². The molecule has 2 nitrogen and oxygen atoms in total. The summed E-state index contributed by atoms with van der Waals surface area (Å²) in [7, 11) is 1.55. The van der Waals surface area contributed by atoms with Crippen LogP contribution < -0.4 is 0 Å². The monoisotopic (exact) mass is 236 g/mol. The van der Waals surface area contributed by atoms with Crippen LogP contribution in [0.2, 0.25) is 0 Å². The maximum absolute atomic E-state index is 4.21. The fourth-order valence-electron chi connectivity index (χ4n) is 1.40. The van der Waals surface area contributed by atoms with Crippen LogP contribution in [0.5, 0.6) is 0 Å². The molecular weight excluding hydrogens is 224 g/mol. The Morgan fingerprint density at radius 3 is 2.60 bits per heavy atom. The number of thiol groups is 1. The Bertz CT molecular complexity index is 409. The van der Waals surface area contributed by atoms with Crippen molar-refractivity contribution in [3.05, 3.63) is 42.2 Å². The lowest BCUT2D eigenvalue weighted by molar-refractivity contribution is 1.11. The van der Waals surface area contributed by atoms with Gasteiger partial charge in [0.2, 0.25) is 0 Å². The number of H-pyrrole nitrogens is 1. The molecule has 0 aliphatic heterocycles. The third kappa shape index (κ3) is 2.38. The molecule has 0 bridgehead atoms. The molecule has 78 valence electrons. The van der Waals surface area contributed by atoms with Gasteiger partial charge >= 0.3 is 0 Å². The Morgan fingerprint density at radius 1 is 1.33 bits per heavy atom. The van der Waals surface area contributed by atoms with E-state index in [-0.39, 0.29) is 0 Å². The fourth-order valence-corrected chi connectivity index (χ4v) is 2.04. The number of nitrogens with one attached hydrogen (secondary N) is 1. The SMILES string of the molecule is CC(SS)c1ccc(-c2ncc[nH]2)cc1. The van der Waals surface area contributed by atoms with Crippen LogP contribution in [-0.2, 0) is 0 Å². The quantitative estimate of drug-likeness (QED) is 0.628. The van der Waals surface area contributed by atoms with Crippen molar-refractivity contribution in [2.45, 2.75) is 12.2 Å². The summed E-state index contributed by atoms with van der Waals surface area (Å²) in [5.41, 5.74) is 2.39. The lowest BCUT2D eigenvalue weighted by atomic mass is 10.1. The molecule has 0 radical (unpaired) electrons. The minimum atomic E-state index is 0.416. The number of hydrogen-bond acceptors (Lipinski definition) is 3. The molecule has 15 heavy (non-hydrogen) atoms. The molecule has 0 saturated carbocycles. The number of benzene rings is 1. The molecule has 1 atom stereocenters. The molecule has 2 rings (SSSR count). The van der Waals surface area contributed by atoms with Crippen LogP contribution >= 0.6 is 22.5 Å². The third-order valence-corrected chi connectivity index (χ3v) is 3.85. The highest BCUT2D eigenvalue weighted by Gasteiger charge is 2.04. The van der Waals surface area contributed by atoms with Crippen LogP contribution in [0.1, 0.15) is 17.7 Å². The largest absolute Gasteiger partial charge is 0.345 e. The van der Waals surface area contributed by atoms with Gasteiger partial charge < -0.3 is 4.98 Å². The summed E-state index contributed by atoms with van der Waals surface area (Å²) in [5, 5.41) is 0.416. The Kier molecular flexibility index (Phi) is 3.38. The van der Waals surface area contributed by atoms with Gasteiger partial charge in [-0.15, -0.1) is 11.7 Å². The first-order valence-corrected chi connectivity index (χ1v) is 6.64. The van der Waals surface area contributed by atoms with Crippen molar-refractivity contribution in [2.75, 3.05) is 0 Å². The van der Waals surface area contributed by atoms with Gasteiger partial charge in [0, 0.05) is 23.2 Å². The smallest absolute Gasteiger partial charge is 0.137 e. The Hall–Kier alpha value is -0.870. The second-order valence-electron chi connectivity index (χ2n) is 3.31. The van der Waals surface area contributed by atoms with Crippen molar-refractivity contribution in [2.24, 2.45) is 0 Å². The van der Waals surface area contributed by atoms with Gasteiger partial charge in [-0.3, -0.25) is 0 Å². The summed E-state index contributed by atoms with van der Waals surface area (Å²) < 4.78 is 0. The molecule has 2 aromatic rings. The van der Waals surface area contributed by atoms with Crippen molar-refractivity contribution in [3.8, 4) is 11.4 Å². The van der Waals surface area contributed by atoms with E-state index < -0.39 is 0 Å². The van der Waals surface area contributed by atoms with E-state index in [1.54, 1.807) is 17.0 Å². The van der Waals surface area contributed by atoms with E-state index in [2.05, 4.69) is 52.8 Å². The van der Waals surface area contributed by atoms with Gasteiger partial charge in [0.05, 0.1) is 0 Å². The normalized spacial score (nSPS) is 12.7. The number of aromatic nitrogens is 2. The number of nitrogens with zero attached hydrogens (tertiary/aromatic N) is 1. The van der Waals surface area contributed by atoms with Crippen molar-refractivity contribution in [1.82, 2.24) is 9.97 Å². The van der Waals surface area contributed by atoms with Gasteiger partial charge in [0.25, 0.3) is 0 Å². The molecule has 1 heterocycles. The molecule has 1 aromatic heterocycles. The number of aromatic amines is 1. The number of imidazole rings is 1. The molecule has 4 heteroatoms. The molecule has 0 fully saturated rings. The minimum Gasteiger partial charge on any atom is -0.345 e. The van der Waals surface area contributed by atoms with E-state index in [4.69, 9.17) is 0 Å². The number of hydrogen-bond donors (Lipinski definition) is 2. The van der Waals surface area contributed by atoms with Crippen LogP contribution in [0, 0.1) is 0 Å². The molecule has 0 amide bonds. The third-order valence-electron chi connectivity index (χ3n) is 2.31. The second kappa shape index (κ2) is 4.77. The molecule has 0 spiro atoms. The first-order chi connectivity index (χ1) is 7.31. The zero-order valence-electron chi connectivity index (χ0n) is 8.34. The Balaban J connectivity index is 2.25. The average Bonchev–Trinajstić information content (AvgIpc) is 2.82. The van der Waals surface area contributed by atoms with E-state index in [1.807, 2.05) is 6.20 Å². The summed E-state index contributed by atoms with van der Waals surface area (Å²) in [6.07, 6.45) is 3.59. The molecule has 0 saturated heterocycles. The second-order valence-corrected chi connectivity index (χ2v) is 4.86. The first kappa shape index (κ1) is 10.6. The molecular formula is C11H12N2S2. The topological polar surface area (TPSA) is 28.7 Å². The summed E-state index contributed by atoms with van der Waals surface area (Å²) >= 11 is 4.21. The maximum Gasteiger partial charge on any atom is 0.137 e. The van der Waals surface area contributed by atoms with Gasteiger partial charge in [-0.25, -0.2) is 4.98 Å². The highest BCUT2D eigenvalue weighted by atomic mass is 33.1.